The van der Waals surface area contributed by atoms with Crippen LogP contribution in [0.4, 0.5) is 0 Å². The number of hydrogen-bond donors (Lipinski definition) is 0. The number of carbonyl (C=O) groups excluding carboxylic acids is 1. The van der Waals surface area contributed by atoms with E-state index in [1.807, 2.05) is 0 Å². The molecule has 3 heteroatoms. The summed E-state index contributed by atoms with van der Waals surface area (Å²) in [5.41, 5.74) is -0.0695. The molecule has 0 aliphatic carbocycles. The zero-order valence-corrected chi connectivity index (χ0v) is 5.57. The smallest absolute Gasteiger partial charge is 0.244 e. The van der Waals surface area contributed by atoms with E-state index in [1.165, 1.54) is 18.6 Å². The van der Waals surface area contributed by atoms with Crippen LogP contribution < -0.4 is 0 Å². The lowest BCUT2D eigenvalue weighted by Gasteiger charge is -1.80. The zero-order valence-electron chi connectivity index (χ0n) is 5.57. The molecular weight excluding hydrogens is 142 g/mol. The van der Waals surface area contributed by atoms with Crippen LogP contribution in [-0.2, 0) is 4.79 Å². The monoisotopic (exact) mass is 146 g/mol. The molecule has 1 heterocycles. The third kappa shape index (κ3) is 1.80. The number of nitrogens with zero attached hydrogens (tertiary/aromatic N) is 1. The van der Waals surface area contributed by atoms with Gasteiger partial charge in [0.1, 0.15) is 17.4 Å². The van der Waals surface area contributed by atoms with Gasteiger partial charge >= 0.3 is 0 Å². The van der Waals surface area contributed by atoms with Gasteiger partial charge in [-0.2, -0.15) is 5.26 Å². The predicted molar refractivity (Wildman–Crippen MR) is 38.0 cm³/mol. The van der Waals surface area contributed by atoms with Crippen LogP contribution in [-0.4, -0.2) is 6.29 Å². The van der Waals surface area contributed by atoms with Crippen molar-refractivity contribution in [1.29, 1.82) is 5.26 Å². The van der Waals surface area contributed by atoms with Gasteiger partial charge in [0.15, 0.2) is 0 Å². The molecule has 11 heavy (non-hydrogen) atoms. The second-order valence-electron chi connectivity index (χ2n) is 1.79. The fourth-order valence-corrected chi connectivity index (χ4v) is 0.600. The lowest BCUT2D eigenvalue weighted by Crippen LogP contribution is -1.76. The minimum absolute atomic E-state index is 0.0695. The second-order valence-corrected chi connectivity index (χ2v) is 1.79. The number of furan rings is 1. The van der Waals surface area contributed by atoms with E-state index in [-0.39, 0.29) is 5.57 Å². The third-order valence-corrected chi connectivity index (χ3v) is 1.06. The van der Waals surface area contributed by atoms with Crippen LogP contribution in [0.5, 0.6) is 0 Å². The molecule has 0 aromatic carbocycles. The van der Waals surface area contributed by atoms with E-state index in [1.54, 1.807) is 18.2 Å². The standard InChI is InChI=1S/C8H4NO2/c9-5-7(6-10)4-8-2-1-3-11-8/h1-4H. The lowest BCUT2D eigenvalue weighted by molar-refractivity contribution is 0.555. The van der Waals surface area contributed by atoms with Gasteiger partial charge in [0, 0.05) is 6.08 Å². The van der Waals surface area contributed by atoms with Crippen molar-refractivity contribution in [3.05, 3.63) is 29.7 Å². The Morgan fingerprint density at radius 3 is 3.00 bits per heavy atom. The van der Waals surface area contributed by atoms with E-state index in [0.717, 1.165) is 0 Å². The van der Waals surface area contributed by atoms with Gasteiger partial charge in [-0.25, -0.2) is 0 Å². The largest absolute Gasteiger partial charge is 0.465 e. The molecule has 1 aromatic heterocycles. The van der Waals surface area contributed by atoms with Crippen molar-refractivity contribution >= 4 is 12.4 Å². The molecule has 0 aliphatic heterocycles. The first-order chi connectivity index (χ1) is 5.36. The van der Waals surface area contributed by atoms with E-state index >= 15 is 0 Å². The van der Waals surface area contributed by atoms with E-state index < -0.39 is 0 Å². The summed E-state index contributed by atoms with van der Waals surface area (Å²) < 4.78 is 4.86. The highest BCUT2D eigenvalue weighted by Gasteiger charge is 1.95. The van der Waals surface area contributed by atoms with Crippen molar-refractivity contribution in [3.63, 3.8) is 0 Å². The Kier molecular flexibility index (Phi) is 2.24. The van der Waals surface area contributed by atoms with Crippen molar-refractivity contribution in [1.82, 2.24) is 0 Å². The van der Waals surface area contributed by atoms with Crippen molar-refractivity contribution in [2.24, 2.45) is 0 Å². The molecule has 1 aromatic rings. The summed E-state index contributed by atoms with van der Waals surface area (Å²) in [6.07, 6.45) is 4.27. The fraction of sp³-hybridized carbons (Fsp3) is 0. The Bertz CT molecular complexity index is 303. The van der Waals surface area contributed by atoms with Gasteiger partial charge in [0.25, 0.3) is 0 Å². The minimum Gasteiger partial charge on any atom is -0.465 e. The molecular formula is C8H4NO2. The topological polar surface area (TPSA) is 54.0 Å². The molecule has 53 valence electrons. The summed E-state index contributed by atoms with van der Waals surface area (Å²) in [4.78, 5) is 10.0. The quantitative estimate of drug-likeness (QED) is 0.466. The van der Waals surface area contributed by atoms with Crippen LogP contribution in [0.15, 0.2) is 28.4 Å². The van der Waals surface area contributed by atoms with Gasteiger partial charge in [0.05, 0.1) is 6.26 Å². The first-order valence-corrected chi connectivity index (χ1v) is 2.90. The van der Waals surface area contributed by atoms with E-state index in [4.69, 9.17) is 9.68 Å². The van der Waals surface area contributed by atoms with Crippen LogP contribution in [0.25, 0.3) is 6.08 Å². The molecule has 0 fully saturated rings. The molecule has 0 saturated carbocycles. The summed E-state index contributed by atoms with van der Waals surface area (Å²) >= 11 is 0. The normalized spacial score (nSPS) is 10.6. The summed E-state index contributed by atoms with van der Waals surface area (Å²) in [7, 11) is 0. The zero-order chi connectivity index (χ0) is 8.10. The average molecular weight is 146 g/mol. The summed E-state index contributed by atoms with van der Waals surface area (Å²) in [5, 5.41) is 8.30. The number of rotatable bonds is 2. The van der Waals surface area contributed by atoms with Gasteiger partial charge in [0.2, 0.25) is 6.29 Å². The van der Waals surface area contributed by atoms with Crippen molar-refractivity contribution < 1.29 is 9.21 Å². The maximum absolute atomic E-state index is 10.0. The van der Waals surface area contributed by atoms with Gasteiger partial charge in [-0.3, -0.25) is 4.79 Å². The van der Waals surface area contributed by atoms with Crippen LogP contribution in [0.1, 0.15) is 5.76 Å². The average Bonchev–Trinajstić information content (AvgIpc) is 2.52. The molecule has 0 atom stereocenters. The van der Waals surface area contributed by atoms with E-state index in [2.05, 4.69) is 0 Å². The maximum atomic E-state index is 10.0. The number of allylic oxidation sites excluding steroid dienone is 1. The van der Waals surface area contributed by atoms with Gasteiger partial charge in [-0.15, -0.1) is 0 Å². The van der Waals surface area contributed by atoms with Crippen LogP contribution >= 0.6 is 0 Å². The highest BCUT2D eigenvalue weighted by atomic mass is 16.3. The first kappa shape index (κ1) is 7.29. The molecule has 0 bridgehead atoms. The molecule has 0 N–H and O–H groups in total. The summed E-state index contributed by atoms with van der Waals surface area (Å²) in [5.74, 6) is 0.477. The summed E-state index contributed by atoms with van der Waals surface area (Å²) in [6, 6.07) is 4.99. The molecule has 0 spiro atoms. The molecule has 1 radical (unpaired) electrons. The Morgan fingerprint density at radius 2 is 2.55 bits per heavy atom. The second kappa shape index (κ2) is 3.37. The minimum atomic E-state index is -0.0695. The van der Waals surface area contributed by atoms with E-state index in [9.17, 15) is 4.79 Å². The van der Waals surface area contributed by atoms with Crippen molar-refractivity contribution in [3.8, 4) is 6.07 Å². The Balaban J connectivity index is 2.90. The number of nitriles is 1. The predicted octanol–water partition coefficient (Wildman–Crippen LogP) is 1.30. The Labute approximate surface area is 63.5 Å². The van der Waals surface area contributed by atoms with Gasteiger partial charge < -0.3 is 4.42 Å². The maximum Gasteiger partial charge on any atom is 0.244 e. The van der Waals surface area contributed by atoms with Gasteiger partial charge in [-0.1, -0.05) is 0 Å². The highest BCUT2D eigenvalue weighted by molar-refractivity contribution is 5.86. The molecule has 0 unspecified atom stereocenters. The van der Waals surface area contributed by atoms with Crippen LogP contribution in [0.3, 0.4) is 0 Å². The molecule has 0 aliphatic rings. The summed E-state index contributed by atoms with van der Waals surface area (Å²) in [6.45, 7) is 0. The van der Waals surface area contributed by atoms with Crippen molar-refractivity contribution in [2.75, 3.05) is 0 Å². The van der Waals surface area contributed by atoms with E-state index in [0.29, 0.717) is 5.76 Å². The lowest BCUT2D eigenvalue weighted by atomic mass is 10.3. The van der Waals surface area contributed by atoms with Gasteiger partial charge in [-0.05, 0) is 12.1 Å². The Morgan fingerprint density at radius 1 is 1.73 bits per heavy atom. The first-order valence-electron chi connectivity index (χ1n) is 2.90. The molecule has 1 rings (SSSR count). The SMILES string of the molecule is N#CC([C]=O)=Cc1ccco1. The van der Waals surface area contributed by atoms with Crippen molar-refractivity contribution in [2.45, 2.75) is 0 Å². The molecule has 0 saturated heterocycles. The fourth-order valence-electron chi connectivity index (χ4n) is 0.600. The Hall–Kier alpha value is -1.82. The van der Waals surface area contributed by atoms with Crippen LogP contribution in [0, 0.1) is 11.3 Å². The highest BCUT2D eigenvalue weighted by Crippen LogP contribution is 2.04. The van der Waals surface area contributed by atoms with Crippen LogP contribution in [0.2, 0.25) is 0 Å². The molecule has 3 nitrogen and oxygen atoms in total. The number of hydrogen-bond acceptors (Lipinski definition) is 3. The molecule has 0 amide bonds. The third-order valence-electron chi connectivity index (χ3n) is 1.06.